The maximum Gasteiger partial charge on any atom is 0.0489 e. The first kappa shape index (κ1) is 9.51. The Morgan fingerprint density at radius 1 is 1.23 bits per heavy atom. The van der Waals surface area contributed by atoms with Crippen molar-refractivity contribution in [1.82, 2.24) is 20.0 Å². The molecule has 0 aliphatic carbocycles. The van der Waals surface area contributed by atoms with Crippen molar-refractivity contribution < 1.29 is 0 Å². The smallest absolute Gasteiger partial charge is 0.0489 e. The molecule has 0 unspecified atom stereocenters. The van der Waals surface area contributed by atoms with Crippen molar-refractivity contribution in [2.75, 3.05) is 0 Å². The number of H-pyrrole nitrogens is 1. The van der Waals surface area contributed by atoms with Gasteiger partial charge in [-0.25, -0.2) is 0 Å². The summed E-state index contributed by atoms with van der Waals surface area (Å²) in [6, 6.07) is 4.25. The molecule has 2 aromatic heterocycles. The predicted octanol–water partition coefficient (Wildman–Crippen LogP) is 1.87. The Kier molecular flexibility index (Phi) is 3.75. The molecule has 0 aromatic carbocycles. The number of nitrogens with zero attached hydrogens (tertiary/aromatic N) is 3. The minimum Gasteiger partial charge on any atom is -0.286 e. The third-order valence-corrected chi connectivity index (χ3v) is 1.46. The van der Waals surface area contributed by atoms with E-state index in [2.05, 4.69) is 29.1 Å². The van der Waals surface area contributed by atoms with E-state index in [4.69, 9.17) is 0 Å². The Morgan fingerprint density at radius 3 is 2.31 bits per heavy atom. The highest BCUT2D eigenvalue weighted by atomic mass is 15.3. The molecule has 4 heteroatoms. The molecule has 0 bridgehead atoms. The summed E-state index contributed by atoms with van der Waals surface area (Å²) >= 11 is 0. The SMILES string of the molecule is CC(C)n1cccn1.c1cn[nH]c1. The van der Waals surface area contributed by atoms with Gasteiger partial charge >= 0.3 is 0 Å². The second-order valence-corrected chi connectivity index (χ2v) is 2.85. The summed E-state index contributed by atoms with van der Waals surface area (Å²) in [6.45, 7) is 4.21. The van der Waals surface area contributed by atoms with E-state index < -0.39 is 0 Å². The molecule has 2 heterocycles. The van der Waals surface area contributed by atoms with Crippen molar-refractivity contribution in [3.63, 3.8) is 0 Å². The summed E-state index contributed by atoms with van der Waals surface area (Å²) in [6.07, 6.45) is 7.21. The lowest BCUT2D eigenvalue weighted by molar-refractivity contribution is 0.532. The molecule has 0 atom stereocenters. The Morgan fingerprint density at radius 2 is 2.08 bits per heavy atom. The summed E-state index contributed by atoms with van der Waals surface area (Å²) < 4.78 is 1.92. The van der Waals surface area contributed by atoms with Gasteiger partial charge in [0.25, 0.3) is 0 Å². The first-order chi connectivity index (χ1) is 6.30. The third kappa shape index (κ3) is 3.55. The number of nitrogens with one attached hydrogen (secondary N) is 1. The fourth-order valence-corrected chi connectivity index (χ4v) is 0.801. The van der Waals surface area contributed by atoms with Crippen molar-refractivity contribution in [2.45, 2.75) is 19.9 Å². The normalized spacial score (nSPS) is 9.46. The molecule has 70 valence electrons. The summed E-state index contributed by atoms with van der Waals surface area (Å²) in [5.41, 5.74) is 0. The van der Waals surface area contributed by atoms with Crippen LogP contribution in [0, 0.1) is 0 Å². The maximum atomic E-state index is 4.03. The first-order valence-electron chi connectivity index (χ1n) is 4.23. The fourth-order valence-electron chi connectivity index (χ4n) is 0.801. The van der Waals surface area contributed by atoms with Crippen LogP contribution in [0.5, 0.6) is 0 Å². The number of hydrogen-bond acceptors (Lipinski definition) is 2. The van der Waals surface area contributed by atoms with E-state index in [0.29, 0.717) is 6.04 Å². The average Bonchev–Trinajstić information content (AvgIpc) is 2.82. The minimum atomic E-state index is 0.491. The topological polar surface area (TPSA) is 46.5 Å². The van der Waals surface area contributed by atoms with Crippen molar-refractivity contribution in [3.05, 3.63) is 36.9 Å². The second kappa shape index (κ2) is 5.13. The van der Waals surface area contributed by atoms with Gasteiger partial charge in [0, 0.05) is 30.8 Å². The number of hydrogen-bond donors (Lipinski definition) is 1. The van der Waals surface area contributed by atoms with Gasteiger partial charge in [0.15, 0.2) is 0 Å². The lowest BCUT2D eigenvalue weighted by Gasteiger charge is -2.01. The molecule has 2 aromatic rings. The molecular weight excluding hydrogens is 164 g/mol. The Balaban J connectivity index is 0.000000145. The van der Waals surface area contributed by atoms with E-state index in [0.717, 1.165) is 0 Å². The van der Waals surface area contributed by atoms with Crippen LogP contribution in [0.2, 0.25) is 0 Å². The molecule has 13 heavy (non-hydrogen) atoms. The average molecular weight is 178 g/mol. The van der Waals surface area contributed by atoms with Crippen LogP contribution in [0.15, 0.2) is 36.9 Å². The molecule has 0 fully saturated rings. The molecule has 1 N–H and O–H groups in total. The van der Waals surface area contributed by atoms with Crippen molar-refractivity contribution in [2.24, 2.45) is 0 Å². The molecular formula is C9H14N4. The van der Waals surface area contributed by atoms with E-state index in [1.165, 1.54) is 0 Å². The number of rotatable bonds is 1. The highest BCUT2D eigenvalue weighted by molar-refractivity contribution is 4.79. The number of aromatic nitrogens is 4. The van der Waals surface area contributed by atoms with Crippen LogP contribution in [-0.4, -0.2) is 20.0 Å². The Bertz CT molecular complexity index is 266. The van der Waals surface area contributed by atoms with Crippen LogP contribution in [0.3, 0.4) is 0 Å². The molecule has 0 spiro atoms. The summed E-state index contributed by atoms with van der Waals surface area (Å²) in [5.74, 6) is 0. The predicted molar refractivity (Wildman–Crippen MR) is 51.2 cm³/mol. The highest BCUT2D eigenvalue weighted by Gasteiger charge is 1.91. The van der Waals surface area contributed by atoms with E-state index in [1.807, 2.05) is 23.0 Å². The van der Waals surface area contributed by atoms with Crippen LogP contribution in [0.1, 0.15) is 19.9 Å². The first-order valence-corrected chi connectivity index (χ1v) is 4.23. The lowest BCUT2D eigenvalue weighted by Crippen LogP contribution is -1.99. The van der Waals surface area contributed by atoms with E-state index in [9.17, 15) is 0 Å². The maximum absolute atomic E-state index is 4.03. The molecule has 4 nitrogen and oxygen atoms in total. The van der Waals surface area contributed by atoms with Gasteiger partial charge < -0.3 is 0 Å². The van der Waals surface area contributed by atoms with Gasteiger partial charge in [-0.15, -0.1) is 0 Å². The monoisotopic (exact) mass is 178 g/mol. The third-order valence-electron chi connectivity index (χ3n) is 1.46. The second-order valence-electron chi connectivity index (χ2n) is 2.85. The van der Waals surface area contributed by atoms with Gasteiger partial charge in [-0.05, 0) is 26.0 Å². The van der Waals surface area contributed by atoms with E-state index >= 15 is 0 Å². The van der Waals surface area contributed by atoms with Crippen molar-refractivity contribution >= 4 is 0 Å². The zero-order valence-corrected chi connectivity index (χ0v) is 7.88. The largest absolute Gasteiger partial charge is 0.286 e. The zero-order valence-electron chi connectivity index (χ0n) is 7.88. The molecule has 0 radical (unpaired) electrons. The van der Waals surface area contributed by atoms with Gasteiger partial charge in [-0.2, -0.15) is 10.2 Å². The quantitative estimate of drug-likeness (QED) is 0.724. The fraction of sp³-hybridized carbons (Fsp3) is 0.333. The molecule has 2 rings (SSSR count). The van der Waals surface area contributed by atoms with E-state index in [-0.39, 0.29) is 0 Å². The summed E-state index contributed by atoms with van der Waals surface area (Å²) in [7, 11) is 0. The molecule has 0 saturated heterocycles. The van der Waals surface area contributed by atoms with Crippen molar-refractivity contribution in [3.8, 4) is 0 Å². The zero-order chi connectivity index (χ0) is 9.52. The molecule has 0 aliphatic heterocycles. The van der Waals surface area contributed by atoms with Crippen LogP contribution in [0.4, 0.5) is 0 Å². The Labute approximate surface area is 77.6 Å². The van der Waals surface area contributed by atoms with Crippen LogP contribution in [0.25, 0.3) is 0 Å². The standard InChI is InChI=1S/C6H10N2.C3H4N2/c1-6(2)8-5-3-4-7-8;1-2-4-5-3-1/h3-6H,1-2H3;1-3H,(H,4,5). The van der Waals surface area contributed by atoms with Gasteiger partial charge in [-0.1, -0.05) is 0 Å². The van der Waals surface area contributed by atoms with Crippen LogP contribution in [-0.2, 0) is 0 Å². The highest BCUT2D eigenvalue weighted by Crippen LogP contribution is 1.98. The van der Waals surface area contributed by atoms with Gasteiger partial charge in [-0.3, -0.25) is 9.78 Å². The Hall–Kier alpha value is -1.58. The number of aromatic amines is 1. The summed E-state index contributed by atoms with van der Waals surface area (Å²) in [5, 5.41) is 10.2. The molecule has 0 aliphatic rings. The minimum absolute atomic E-state index is 0.491. The van der Waals surface area contributed by atoms with Gasteiger partial charge in [0.05, 0.1) is 0 Å². The summed E-state index contributed by atoms with van der Waals surface area (Å²) in [4.78, 5) is 0. The van der Waals surface area contributed by atoms with Crippen LogP contribution >= 0.6 is 0 Å². The van der Waals surface area contributed by atoms with Crippen LogP contribution < -0.4 is 0 Å². The molecule has 0 amide bonds. The van der Waals surface area contributed by atoms with E-state index in [1.54, 1.807) is 18.6 Å². The van der Waals surface area contributed by atoms with Gasteiger partial charge in [0.1, 0.15) is 0 Å². The molecule has 0 saturated carbocycles. The van der Waals surface area contributed by atoms with Crippen molar-refractivity contribution in [1.29, 1.82) is 0 Å². The lowest BCUT2D eigenvalue weighted by atomic mass is 10.4. The van der Waals surface area contributed by atoms with Gasteiger partial charge in [0.2, 0.25) is 0 Å².